The maximum atomic E-state index is 6.00. The molecule has 1 aromatic heterocycles. The molecule has 1 aromatic carbocycles. The van der Waals surface area contributed by atoms with E-state index in [1.165, 1.54) is 0 Å². The zero-order valence-corrected chi connectivity index (χ0v) is 13.2. The molecule has 0 unspecified atom stereocenters. The lowest BCUT2D eigenvalue weighted by Gasteiger charge is -2.10. The third-order valence-electron chi connectivity index (χ3n) is 2.97. The Labute approximate surface area is 131 Å². The molecule has 0 spiro atoms. The Balaban J connectivity index is 2.10. The van der Waals surface area contributed by atoms with Crippen LogP contribution < -0.4 is 10.6 Å². The molecule has 0 saturated carbocycles. The number of nitrogens with one attached hydrogen (secondary N) is 2. The molecule has 0 fully saturated rings. The van der Waals surface area contributed by atoms with Gasteiger partial charge in [0, 0.05) is 30.6 Å². The van der Waals surface area contributed by atoms with Gasteiger partial charge in [-0.15, -0.1) is 0 Å². The molecule has 2 aromatic rings. The average molecular weight is 305 g/mol. The van der Waals surface area contributed by atoms with Crippen molar-refractivity contribution in [2.24, 2.45) is 0 Å². The van der Waals surface area contributed by atoms with Gasteiger partial charge in [-0.3, -0.25) is 0 Å². The Hall–Kier alpha value is -1.81. The molecule has 0 radical (unpaired) electrons. The number of hydrogen-bond donors (Lipinski definition) is 2. The summed E-state index contributed by atoms with van der Waals surface area (Å²) in [5.74, 6) is 2.57. The lowest BCUT2D eigenvalue weighted by atomic mass is 10.2. The molecule has 1 heterocycles. The van der Waals surface area contributed by atoms with E-state index in [-0.39, 0.29) is 0 Å². The van der Waals surface area contributed by atoms with Crippen LogP contribution in [0.3, 0.4) is 0 Å². The predicted molar refractivity (Wildman–Crippen MR) is 89.0 cm³/mol. The topological polar surface area (TPSA) is 49.8 Å². The van der Waals surface area contributed by atoms with E-state index in [0.29, 0.717) is 6.54 Å². The number of hydrogen-bond acceptors (Lipinski definition) is 4. The van der Waals surface area contributed by atoms with E-state index in [0.717, 1.165) is 47.4 Å². The van der Waals surface area contributed by atoms with Crippen LogP contribution in [0.4, 0.5) is 11.6 Å². The van der Waals surface area contributed by atoms with Crippen molar-refractivity contribution in [3.63, 3.8) is 0 Å². The van der Waals surface area contributed by atoms with Crippen molar-refractivity contribution >= 4 is 23.2 Å². The van der Waals surface area contributed by atoms with Crippen molar-refractivity contribution in [3.8, 4) is 0 Å². The molecule has 2 rings (SSSR count). The summed E-state index contributed by atoms with van der Waals surface area (Å²) in [7, 11) is 0. The van der Waals surface area contributed by atoms with Gasteiger partial charge in [0.15, 0.2) is 0 Å². The fourth-order valence-electron chi connectivity index (χ4n) is 2.03. The van der Waals surface area contributed by atoms with Crippen LogP contribution in [0.25, 0.3) is 0 Å². The van der Waals surface area contributed by atoms with Crippen LogP contribution in [-0.4, -0.2) is 16.5 Å². The molecule has 0 bridgehead atoms. The summed E-state index contributed by atoms with van der Waals surface area (Å²) < 4.78 is 0. The highest BCUT2D eigenvalue weighted by atomic mass is 35.5. The molecule has 0 atom stereocenters. The number of rotatable bonds is 7. The van der Waals surface area contributed by atoms with Gasteiger partial charge >= 0.3 is 0 Å². The van der Waals surface area contributed by atoms with E-state index in [9.17, 15) is 0 Å². The Kier molecular flexibility index (Phi) is 5.81. The minimum Gasteiger partial charge on any atom is -0.370 e. The smallest absolute Gasteiger partial charge is 0.133 e. The molecule has 21 heavy (non-hydrogen) atoms. The van der Waals surface area contributed by atoms with Crippen molar-refractivity contribution in [1.29, 1.82) is 0 Å². The second-order valence-corrected chi connectivity index (χ2v) is 5.25. The molecule has 4 nitrogen and oxygen atoms in total. The first kappa shape index (κ1) is 15.6. The third kappa shape index (κ3) is 4.90. The van der Waals surface area contributed by atoms with Gasteiger partial charge in [0.1, 0.15) is 17.5 Å². The standard InChI is InChI=1S/C16H21ClN4/c1-3-6-14-20-15(18-4-2)10-16(21-14)19-11-12-7-5-8-13(17)9-12/h5,7-10H,3-4,6,11H2,1-2H3,(H2,18,19,20,21). The van der Waals surface area contributed by atoms with E-state index >= 15 is 0 Å². The first-order valence-electron chi connectivity index (χ1n) is 7.31. The fraction of sp³-hybridized carbons (Fsp3) is 0.375. The van der Waals surface area contributed by atoms with Crippen LogP contribution in [0.1, 0.15) is 31.7 Å². The van der Waals surface area contributed by atoms with Gasteiger partial charge in [-0.2, -0.15) is 0 Å². The van der Waals surface area contributed by atoms with Crippen molar-refractivity contribution in [2.45, 2.75) is 33.2 Å². The summed E-state index contributed by atoms with van der Waals surface area (Å²) in [6.07, 6.45) is 1.91. The monoisotopic (exact) mass is 304 g/mol. The van der Waals surface area contributed by atoms with Crippen molar-refractivity contribution in [3.05, 3.63) is 46.7 Å². The zero-order chi connectivity index (χ0) is 15.1. The molecule has 5 heteroatoms. The fourth-order valence-corrected chi connectivity index (χ4v) is 2.25. The number of halogens is 1. The summed E-state index contributed by atoms with van der Waals surface area (Å²) in [6.45, 7) is 5.72. The maximum absolute atomic E-state index is 6.00. The van der Waals surface area contributed by atoms with Gasteiger partial charge in [-0.25, -0.2) is 9.97 Å². The molecule has 2 N–H and O–H groups in total. The quantitative estimate of drug-likeness (QED) is 0.807. The van der Waals surface area contributed by atoms with Gasteiger partial charge < -0.3 is 10.6 Å². The summed E-state index contributed by atoms with van der Waals surface area (Å²) >= 11 is 6.00. The highest BCUT2D eigenvalue weighted by molar-refractivity contribution is 6.30. The zero-order valence-electron chi connectivity index (χ0n) is 12.5. The molecule has 0 amide bonds. The highest BCUT2D eigenvalue weighted by Crippen LogP contribution is 2.15. The number of benzene rings is 1. The minimum atomic E-state index is 0.689. The van der Waals surface area contributed by atoms with Crippen LogP contribution in [0.2, 0.25) is 5.02 Å². The molecular formula is C16H21ClN4. The SMILES string of the molecule is CCCc1nc(NCC)cc(NCc2cccc(Cl)c2)n1. The van der Waals surface area contributed by atoms with Gasteiger partial charge in [-0.05, 0) is 31.0 Å². The average Bonchev–Trinajstić information content (AvgIpc) is 2.46. The molecule has 0 saturated heterocycles. The first-order valence-corrected chi connectivity index (χ1v) is 7.69. The summed E-state index contributed by atoms with van der Waals surface area (Å²) in [6, 6.07) is 9.75. The Bertz CT molecular complexity index is 562. The van der Waals surface area contributed by atoms with Gasteiger partial charge in [-0.1, -0.05) is 30.7 Å². The van der Waals surface area contributed by atoms with E-state index in [2.05, 4.69) is 34.4 Å². The summed E-state index contributed by atoms with van der Waals surface area (Å²) in [5, 5.41) is 7.33. The van der Waals surface area contributed by atoms with Gasteiger partial charge in [0.2, 0.25) is 0 Å². The summed E-state index contributed by atoms with van der Waals surface area (Å²) in [4.78, 5) is 9.05. The molecular weight excluding hydrogens is 284 g/mol. The van der Waals surface area contributed by atoms with Crippen molar-refractivity contribution in [2.75, 3.05) is 17.2 Å². The molecule has 112 valence electrons. The number of nitrogens with zero attached hydrogens (tertiary/aromatic N) is 2. The molecule has 0 aliphatic rings. The molecule has 0 aliphatic carbocycles. The normalized spacial score (nSPS) is 10.4. The largest absolute Gasteiger partial charge is 0.370 e. The second-order valence-electron chi connectivity index (χ2n) is 4.82. The lowest BCUT2D eigenvalue weighted by molar-refractivity contribution is 0.834. The van der Waals surface area contributed by atoms with Crippen LogP contribution in [0.5, 0.6) is 0 Å². The highest BCUT2D eigenvalue weighted by Gasteiger charge is 2.04. The Morgan fingerprint density at radius 2 is 1.81 bits per heavy atom. The minimum absolute atomic E-state index is 0.689. The van der Waals surface area contributed by atoms with Gasteiger partial charge in [0.05, 0.1) is 0 Å². The number of anilines is 2. The second kappa shape index (κ2) is 7.84. The van der Waals surface area contributed by atoms with E-state index in [1.807, 2.05) is 30.3 Å². The van der Waals surface area contributed by atoms with Crippen molar-refractivity contribution < 1.29 is 0 Å². The Morgan fingerprint density at radius 3 is 2.48 bits per heavy atom. The van der Waals surface area contributed by atoms with Crippen molar-refractivity contribution in [1.82, 2.24) is 9.97 Å². The maximum Gasteiger partial charge on any atom is 0.133 e. The van der Waals surface area contributed by atoms with E-state index in [1.54, 1.807) is 0 Å². The Morgan fingerprint density at radius 1 is 1.05 bits per heavy atom. The van der Waals surface area contributed by atoms with Crippen LogP contribution in [-0.2, 0) is 13.0 Å². The van der Waals surface area contributed by atoms with Crippen LogP contribution in [0.15, 0.2) is 30.3 Å². The van der Waals surface area contributed by atoms with Gasteiger partial charge in [0.25, 0.3) is 0 Å². The predicted octanol–water partition coefficient (Wildman–Crippen LogP) is 4.13. The lowest BCUT2D eigenvalue weighted by Crippen LogP contribution is -2.08. The number of aromatic nitrogens is 2. The first-order chi connectivity index (χ1) is 10.2. The molecule has 0 aliphatic heterocycles. The number of aryl methyl sites for hydroxylation is 1. The van der Waals surface area contributed by atoms with Crippen LogP contribution >= 0.6 is 11.6 Å². The summed E-state index contributed by atoms with van der Waals surface area (Å²) in [5.41, 5.74) is 1.13. The van der Waals surface area contributed by atoms with Crippen LogP contribution in [0, 0.1) is 0 Å². The van der Waals surface area contributed by atoms with E-state index in [4.69, 9.17) is 11.6 Å². The third-order valence-corrected chi connectivity index (χ3v) is 3.20. The van der Waals surface area contributed by atoms with E-state index < -0.39 is 0 Å².